The van der Waals surface area contributed by atoms with Crippen molar-refractivity contribution in [1.82, 2.24) is 5.06 Å². The van der Waals surface area contributed by atoms with Gasteiger partial charge in [0.05, 0.1) is 13.2 Å². The Labute approximate surface area is 76.0 Å². The maximum atomic E-state index is 10.6. The van der Waals surface area contributed by atoms with Crippen LogP contribution in [-0.2, 0) is 9.57 Å². The first-order valence-electron chi connectivity index (χ1n) is 3.47. The van der Waals surface area contributed by atoms with Gasteiger partial charge in [0.1, 0.15) is 0 Å². The maximum absolute atomic E-state index is 10.6. The summed E-state index contributed by atoms with van der Waals surface area (Å²) in [5.74, 6) is 0. The molecule has 0 aromatic heterocycles. The van der Waals surface area contributed by atoms with Gasteiger partial charge in [0.15, 0.2) is 0 Å². The summed E-state index contributed by atoms with van der Waals surface area (Å²) in [5, 5.41) is 0.159. The zero-order chi connectivity index (χ0) is 9.56. The van der Waals surface area contributed by atoms with E-state index < -0.39 is 11.4 Å². The molecule has 0 saturated heterocycles. The number of hydroxylamine groups is 2. The van der Waals surface area contributed by atoms with Crippen molar-refractivity contribution in [3.05, 3.63) is 0 Å². The second-order valence-corrected chi connectivity index (χ2v) is 2.13. The third-order valence-corrected chi connectivity index (χ3v) is 1.17. The molecule has 1 amide bonds. The summed E-state index contributed by atoms with van der Waals surface area (Å²) in [5.41, 5.74) is 0. The summed E-state index contributed by atoms with van der Waals surface area (Å²) in [4.78, 5) is 25.7. The summed E-state index contributed by atoms with van der Waals surface area (Å²) in [6.07, 6.45) is -0.901. The van der Waals surface area contributed by atoms with Crippen molar-refractivity contribution in [2.45, 2.75) is 13.8 Å². The zero-order valence-corrected chi connectivity index (χ0v) is 7.84. The Hall–Kier alpha value is -0.910. The standard InChI is InChI=1S/C6H11NO4S/c1-3-7(5(8)12)11-6(9)10-4-2/h3-4H2,1-2H3,(H,8,12). The Balaban J connectivity index is 3.85. The van der Waals surface area contributed by atoms with Crippen LogP contribution in [0.5, 0.6) is 0 Å². The quantitative estimate of drug-likeness (QED) is 0.409. The lowest BCUT2D eigenvalue weighted by Crippen LogP contribution is -2.29. The molecule has 70 valence electrons. The van der Waals surface area contributed by atoms with Crippen molar-refractivity contribution in [2.75, 3.05) is 13.2 Å². The molecule has 0 radical (unpaired) electrons. The fourth-order valence-electron chi connectivity index (χ4n) is 0.473. The van der Waals surface area contributed by atoms with Gasteiger partial charge in [-0.15, -0.1) is 0 Å². The van der Waals surface area contributed by atoms with E-state index in [9.17, 15) is 9.59 Å². The predicted octanol–water partition coefficient (Wildman–Crippen LogP) is 1.45. The van der Waals surface area contributed by atoms with Gasteiger partial charge in [-0.2, -0.15) is 5.06 Å². The molecule has 6 heteroatoms. The van der Waals surface area contributed by atoms with Crippen LogP contribution in [0.25, 0.3) is 0 Å². The van der Waals surface area contributed by atoms with Crippen LogP contribution in [0.15, 0.2) is 0 Å². The number of rotatable bonds is 2. The maximum Gasteiger partial charge on any atom is 0.533 e. The summed E-state index contributed by atoms with van der Waals surface area (Å²) in [6.45, 7) is 3.73. The Morgan fingerprint density at radius 3 is 2.33 bits per heavy atom. The van der Waals surface area contributed by atoms with Gasteiger partial charge in [-0.05, 0) is 13.8 Å². The molecular weight excluding hydrogens is 182 g/mol. The minimum atomic E-state index is -0.901. The van der Waals surface area contributed by atoms with Gasteiger partial charge in [-0.1, -0.05) is 12.6 Å². The minimum Gasteiger partial charge on any atom is -0.433 e. The summed E-state index contributed by atoms with van der Waals surface area (Å²) in [7, 11) is 0. The zero-order valence-electron chi connectivity index (χ0n) is 6.94. The van der Waals surface area contributed by atoms with Crippen molar-refractivity contribution in [3.63, 3.8) is 0 Å². The highest BCUT2D eigenvalue weighted by Gasteiger charge is 2.13. The Morgan fingerprint density at radius 1 is 1.42 bits per heavy atom. The van der Waals surface area contributed by atoms with E-state index in [2.05, 4.69) is 22.2 Å². The number of thiol groups is 1. The molecule has 0 aliphatic carbocycles. The lowest BCUT2D eigenvalue weighted by atomic mass is 10.7. The first-order chi connectivity index (χ1) is 5.61. The number of hydrogen-bond donors (Lipinski definition) is 1. The third kappa shape index (κ3) is 4.07. The summed E-state index contributed by atoms with van der Waals surface area (Å²) in [6, 6.07) is 0. The summed E-state index contributed by atoms with van der Waals surface area (Å²) >= 11 is 3.47. The van der Waals surface area contributed by atoms with Crippen LogP contribution in [-0.4, -0.2) is 29.6 Å². The molecule has 5 nitrogen and oxygen atoms in total. The molecule has 12 heavy (non-hydrogen) atoms. The molecule has 0 unspecified atom stereocenters. The fraction of sp³-hybridized carbons (Fsp3) is 0.667. The van der Waals surface area contributed by atoms with Gasteiger partial charge in [0, 0.05) is 0 Å². The van der Waals surface area contributed by atoms with Crippen molar-refractivity contribution < 1.29 is 19.2 Å². The SMILES string of the molecule is CCOC(=O)ON(CC)C(=O)S. The number of carbonyl (C=O) groups is 2. The van der Waals surface area contributed by atoms with Gasteiger partial charge in [-0.3, -0.25) is 4.79 Å². The molecule has 0 atom stereocenters. The largest absolute Gasteiger partial charge is 0.533 e. The van der Waals surface area contributed by atoms with E-state index in [1.54, 1.807) is 13.8 Å². The Bertz CT molecular complexity index is 173. The molecule has 0 aliphatic heterocycles. The van der Waals surface area contributed by atoms with E-state index in [0.717, 1.165) is 5.06 Å². The number of amides is 1. The number of carbonyl (C=O) groups excluding carboxylic acids is 2. The average Bonchev–Trinajstić information content (AvgIpc) is 2.00. The van der Waals surface area contributed by atoms with E-state index >= 15 is 0 Å². The van der Waals surface area contributed by atoms with Gasteiger partial charge in [-0.25, -0.2) is 4.79 Å². The van der Waals surface area contributed by atoms with Crippen LogP contribution < -0.4 is 0 Å². The topological polar surface area (TPSA) is 55.8 Å². The first kappa shape index (κ1) is 11.1. The van der Waals surface area contributed by atoms with E-state index in [1.807, 2.05) is 0 Å². The molecule has 0 aromatic rings. The van der Waals surface area contributed by atoms with E-state index in [1.165, 1.54) is 0 Å². The second kappa shape index (κ2) is 5.70. The lowest BCUT2D eigenvalue weighted by molar-refractivity contribution is -0.0804. The molecule has 0 rings (SSSR count). The van der Waals surface area contributed by atoms with Crippen molar-refractivity contribution >= 4 is 24.0 Å². The molecule has 0 aliphatic rings. The third-order valence-electron chi connectivity index (χ3n) is 0.947. The molecule has 0 heterocycles. The first-order valence-corrected chi connectivity index (χ1v) is 3.91. The van der Waals surface area contributed by atoms with E-state index in [-0.39, 0.29) is 13.2 Å². The molecule has 0 aromatic carbocycles. The molecule has 0 spiro atoms. The van der Waals surface area contributed by atoms with Gasteiger partial charge in [0.2, 0.25) is 0 Å². The van der Waals surface area contributed by atoms with Crippen molar-refractivity contribution in [1.29, 1.82) is 0 Å². The highest BCUT2D eigenvalue weighted by atomic mass is 32.1. The monoisotopic (exact) mass is 193 g/mol. The Morgan fingerprint density at radius 2 is 2.00 bits per heavy atom. The van der Waals surface area contributed by atoms with Gasteiger partial charge in [0.25, 0.3) is 0 Å². The second-order valence-electron chi connectivity index (χ2n) is 1.75. The van der Waals surface area contributed by atoms with Crippen molar-refractivity contribution in [3.8, 4) is 0 Å². The summed E-state index contributed by atoms with van der Waals surface area (Å²) < 4.78 is 4.44. The van der Waals surface area contributed by atoms with Crippen LogP contribution in [0, 0.1) is 0 Å². The highest BCUT2D eigenvalue weighted by Crippen LogP contribution is 1.98. The van der Waals surface area contributed by atoms with Crippen LogP contribution in [0.2, 0.25) is 0 Å². The van der Waals surface area contributed by atoms with Crippen LogP contribution in [0.1, 0.15) is 13.8 Å². The number of hydrogen-bond acceptors (Lipinski definition) is 4. The number of nitrogens with zero attached hydrogens (tertiary/aromatic N) is 1. The Kier molecular flexibility index (Phi) is 5.27. The number of ether oxygens (including phenoxy) is 1. The molecule has 0 bridgehead atoms. The van der Waals surface area contributed by atoms with E-state index in [0.29, 0.717) is 0 Å². The molecule has 0 saturated carbocycles. The molecule has 0 N–H and O–H groups in total. The van der Waals surface area contributed by atoms with Crippen LogP contribution in [0.3, 0.4) is 0 Å². The van der Waals surface area contributed by atoms with Crippen molar-refractivity contribution in [2.24, 2.45) is 0 Å². The normalized spacial score (nSPS) is 8.92. The van der Waals surface area contributed by atoms with Crippen LogP contribution >= 0.6 is 12.6 Å². The van der Waals surface area contributed by atoms with Crippen LogP contribution in [0.4, 0.5) is 9.59 Å². The van der Waals surface area contributed by atoms with E-state index in [4.69, 9.17) is 0 Å². The fourth-order valence-corrected chi connectivity index (χ4v) is 0.655. The predicted molar refractivity (Wildman–Crippen MR) is 44.9 cm³/mol. The van der Waals surface area contributed by atoms with Gasteiger partial charge < -0.3 is 9.57 Å². The molecular formula is C6H11NO4S. The molecule has 0 fully saturated rings. The lowest BCUT2D eigenvalue weighted by Gasteiger charge is -2.15. The average molecular weight is 193 g/mol. The highest BCUT2D eigenvalue weighted by molar-refractivity contribution is 7.96. The van der Waals surface area contributed by atoms with Gasteiger partial charge >= 0.3 is 11.4 Å². The minimum absolute atomic E-state index is 0.206. The smallest absolute Gasteiger partial charge is 0.433 e.